The number of nitrogens with one attached hydrogen (secondary N) is 5. The number of carbonyl (C=O) groups excluding carboxylic acids is 3. The Morgan fingerprint density at radius 2 is 1.76 bits per heavy atom. The first-order valence-corrected chi connectivity index (χ1v) is 10.4. The molecule has 0 radical (unpaired) electrons. The molecule has 8 N–H and O–H groups in total. The van der Waals surface area contributed by atoms with Crippen molar-refractivity contribution in [1.29, 1.82) is 0 Å². The SMILES string of the molecule is O=C(O)CCC(NC(=O)C(CO)NC(=O)C1CCCN1)C(=O)NC(Cc1cnc[nH]1)C(=O)O. The minimum atomic E-state index is -1.41. The molecule has 14 nitrogen and oxygen atoms in total. The van der Waals surface area contributed by atoms with Crippen molar-refractivity contribution in [3.8, 4) is 0 Å². The highest BCUT2D eigenvalue weighted by Gasteiger charge is 2.31. The Morgan fingerprint density at radius 1 is 1.06 bits per heavy atom. The Kier molecular flexibility index (Phi) is 9.75. The molecule has 1 fully saturated rings. The van der Waals surface area contributed by atoms with Crippen LogP contribution in [0.5, 0.6) is 0 Å². The number of aliphatic carboxylic acids is 2. The lowest BCUT2D eigenvalue weighted by molar-refractivity contribution is -0.143. The molecule has 0 aliphatic carbocycles. The summed E-state index contributed by atoms with van der Waals surface area (Å²) < 4.78 is 0. The first-order chi connectivity index (χ1) is 15.7. The second-order valence-corrected chi connectivity index (χ2v) is 7.57. The predicted octanol–water partition coefficient (Wildman–Crippen LogP) is -2.90. The maximum atomic E-state index is 12.7. The molecular weight excluding hydrogens is 440 g/mol. The van der Waals surface area contributed by atoms with Crippen molar-refractivity contribution in [2.75, 3.05) is 13.2 Å². The molecule has 1 aliphatic rings. The van der Waals surface area contributed by atoms with Crippen LogP contribution in [-0.2, 0) is 30.4 Å². The Morgan fingerprint density at radius 3 is 2.30 bits per heavy atom. The van der Waals surface area contributed by atoms with Gasteiger partial charge in [0.15, 0.2) is 0 Å². The van der Waals surface area contributed by atoms with Gasteiger partial charge in [-0.15, -0.1) is 0 Å². The molecule has 182 valence electrons. The lowest BCUT2D eigenvalue weighted by atomic mass is 10.1. The summed E-state index contributed by atoms with van der Waals surface area (Å²) in [6, 6.07) is -4.66. The lowest BCUT2D eigenvalue weighted by Gasteiger charge is -2.24. The molecule has 2 heterocycles. The zero-order chi connectivity index (χ0) is 24.4. The highest BCUT2D eigenvalue weighted by atomic mass is 16.4. The second-order valence-electron chi connectivity index (χ2n) is 7.57. The summed E-state index contributed by atoms with van der Waals surface area (Å²) in [6.45, 7) is -0.107. The van der Waals surface area contributed by atoms with Crippen LogP contribution in [0.2, 0.25) is 0 Å². The van der Waals surface area contributed by atoms with Crippen LogP contribution in [0.3, 0.4) is 0 Å². The summed E-state index contributed by atoms with van der Waals surface area (Å²) in [4.78, 5) is 66.6. The standard InChI is InChI=1S/C19H28N6O8/c26-8-14(25-16(29)11-2-1-5-21-11)18(31)23-12(3-4-15(27)28)17(30)24-13(19(32)33)6-10-7-20-9-22-10/h7,9,11-14,21,26H,1-6,8H2,(H,20,22)(H,23,31)(H,24,30)(H,25,29)(H,27,28)(H,32,33). The third kappa shape index (κ3) is 8.16. The zero-order valence-electron chi connectivity index (χ0n) is 17.7. The monoisotopic (exact) mass is 468 g/mol. The average molecular weight is 468 g/mol. The van der Waals surface area contributed by atoms with Crippen LogP contribution < -0.4 is 21.3 Å². The van der Waals surface area contributed by atoms with Crippen LogP contribution >= 0.6 is 0 Å². The number of carboxylic acid groups (broad SMARTS) is 2. The van der Waals surface area contributed by atoms with E-state index in [1.807, 2.05) is 0 Å². The fourth-order valence-electron chi connectivity index (χ4n) is 3.27. The molecule has 0 spiro atoms. The van der Waals surface area contributed by atoms with Crippen molar-refractivity contribution in [3.63, 3.8) is 0 Å². The van der Waals surface area contributed by atoms with Gasteiger partial charge in [-0.2, -0.15) is 0 Å². The Labute approximate surface area is 188 Å². The molecule has 1 aliphatic heterocycles. The summed E-state index contributed by atoms with van der Waals surface area (Å²) in [5, 5.41) is 37.8. The number of H-pyrrole nitrogens is 1. The van der Waals surface area contributed by atoms with E-state index < -0.39 is 66.9 Å². The summed E-state index contributed by atoms with van der Waals surface area (Å²) in [5.41, 5.74) is 0.442. The number of imidazole rings is 1. The van der Waals surface area contributed by atoms with E-state index in [1.165, 1.54) is 12.5 Å². The number of carbonyl (C=O) groups is 5. The van der Waals surface area contributed by atoms with Gasteiger partial charge in [-0.05, 0) is 25.8 Å². The Balaban J connectivity index is 2.04. The molecule has 4 atom stereocenters. The van der Waals surface area contributed by atoms with E-state index in [4.69, 9.17) is 5.11 Å². The lowest BCUT2D eigenvalue weighted by Crippen LogP contribution is -2.58. The fraction of sp³-hybridized carbons (Fsp3) is 0.579. The molecule has 3 amide bonds. The largest absolute Gasteiger partial charge is 0.481 e. The van der Waals surface area contributed by atoms with Crippen molar-refractivity contribution in [1.82, 2.24) is 31.2 Å². The highest BCUT2D eigenvalue weighted by Crippen LogP contribution is 2.06. The number of aliphatic hydroxyl groups is 1. The highest BCUT2D eigenvalue weighted by molar-refractivity contribution is 5.94. The number of aromatic amines is 1. The molecule has 1 saturated heterocycles. The van der Waals surface area contributed by atoms with E-state index in [1.54, 1.807) is 0 Å². The summed E-state index contributed by atoms with van der Waals surface area (Å²) in [6.07, 6.45) is 3.15. The average Bonchev–Trinajstić information content (AvgIpc) is 3.48. The number of hydrogen-bond donors (Lipinski definition) is 8. The number of carboxylic acids is 2. The topological polar surface area (TPSA) is 223 Å². The first kappa shape index (κ1) is 25.7. The van der Waals surface area contributed by atoms with Gasteiger partial charge in [0, 0.05) is 24.7 Å². The zero-order valence-corrected chi connectivity index (χ0v) is 17.7. The molecule has 4 unspecified atom stereocenters. The van der Waals surface area contributed by atoms with Crippen molar-refractivity contribution < 1.29 is 39.3 Å². The Hall–Kier alpha value is -3.52. The number of aliphatic hydroxyl groups excluding tert-OH is 1. The van der Waals surface area contributed by atoms with Crippen LogP contribution in [0.4, 0.5) is 0 Å². The normalized spacial score (nSPS) is 18.0. The fourth-order valence-corrected chi connectivity index (χ4v) is 3.27. The van der Waals surface area contributed by atoms with E-state index in [0.717, 1.165) is 6.42 Å². The van der Waals surface area contributed by atoms with E-state index >= 15 is 0 Å². The van der Waals surface area contributed by atoms with Gasteiger partial charge >= 0.3 is 11.9 Å². The smallest absolute Gasteiger partial charge is 0.326 e. The summed E-state index contributed by atoms with van der Waals surface area (Å²) in [7, 11) is 0. The van der Waals surface area contributed by atoms with Gasteiger partial charge in [-0.25, -0.2) is 9.78 Å². The number of aromatic nitrogens is 2. The molecule has 0 saturated carbocycles. The van der Waals surface area contributed by atoms with E-state index in [-0.39, 0.29) is 12.8 Å². The third-order valence-corrected chi connectivity index (χ3v) is 5.07. The summed E-state index contributed by atoms with van der Waals surface area (Å²) in [5.74, 6) is -4.88. The molecule has 1 aromatic heterocycles. The van der Waals surface area contributed by atoms with Crippen molar-refractivity contribution in [2.24, 2.45) is 0 Å². The third-order valence-electron chi connectivity index (χ3n) is 5.07. The van der Waals surface area contributed by atoms with Crippen molar-refractivity contribution in [2.45, 2.75) is 56.3 Å². The van der Waals surface area contributed by atoms with Crippen molar-refractivity contribution in [3.05, 3.63) is 18.2 Å². The number of rotatable bonds is 13. The van der Waals surface area contributed by atoms with Crippen LogP contribution in [0.1, 0.15) is 31.4 Å². The quantitative estimate of drug-likeness (QED) is 0.147. The minimum absolute atomic E-state index is 0.121. The molecule has 1 aromatic rings. The van der Waals surface area contributed by atoms with E-state index in [0.29, 0.717) is 18.7 Å². The van der Waals surface area contributed by atoms with Gasteiger partial charge in [0.05, 0.1) is 19.0 Å². The van der Waals surface area contributed by atoms with Gasteiger partial charge in [0.2, 0.25) is 17.7 Å². The number of amides is 3. The van der Waals surface area contributed by atoms with Gasteiger partial charge < -0.3 is 41.6 Å². The molecule has 0 bridgehead atoms. The maximum absolute atomic E-state index is 12.7. The van der Waals surface area contributed by atoms with Crippen LogP contribution in [-0.4, -0.2) is 92.3 Å². The van der Waals surface area contributed by atoms with Gasteiger partial charge in [-0.3, -0.25) is 19.2 Å². The van der Waals surface area contributed by atoms with Crippen LogP contribution in [0, 0.1) is 0 Å². The van der Waals surface area contributed by atoms with Crippen LogP contribution in [0.25, 0.3) is 0 Å². The molecule has 33 heavy (non-hydrogen) atoms. The summed E-state index contributed by atoms with van der Waals surface area (Å²) >= 11 is 0. The van der Waals surface area contributed by atoms with E-state index in [9.17, 15) is 34.2 Å². The van der Waals surface area contributed by atoms with Gasteiger partial charge in [-0.1, -0.05) is 0 Å². The number of hydrogen-bond acceptors (Lipinski definition) is 8. The Bertz CT molecular complexity index is 839. The van der Waals surface area contributed by atoms with Crippen molar-refractivity contribution >= 4 is 29.7 Å². The second kappa shape index (κ2) is 12.5. The molecular formula is C19H28N6O8. The minimum Gasteiger partial charge on any atom is -0.481 e. The number of nitrogens with zero attached hydrogens (tertiary/aromatic N) is 1. The molecule has 14 heteroatoms. The predicted molar refractivity (Wildman–Crippen MR) is 111 cm³/mol. The van der Waals surface area contributed by atoms with Crippen LogP contribution in [0.15, 0.2) is 12.5 Å². The molecule has 0 aromatic carbocycles. The van der Waals surface area contributed by atoms with Gasteiger partial charge in [0.25, 0.3) is 0 Å². The first-order valence-electron chi connectivity index (χ1n) is 10.4. The van der Waals surface area contributed by atoms with E-state index in [2.05, 4.69) is 31.2 Å². The maximum Gasteiger partial charge on any atom is 0.326 e. The molecule has 2 rings (SSSR count). The van der Waals surface area contributed by atoms with Gasteiger partial charge in [0.1, 0.15) is 18.1 Å².